The molecule has 0 spiro atoms. The van der Waals surface area contributed by atoms with E-state index in [-0.39, 0.29) is 18.6 Å². The first-order chi connectivity index (χ1) is 12.1. The normalized spacial score (nSPS) is 17.7. The minimum atomic E-state index is -0.336. The number of anilines is 1. The molecule has 0 aliphatic carbocycles. The molecule has 1 atom stereocenters. The van der Waals surface area contributed by atoms with Crippen molar-refractivity contribution in [2.75, 3.05) is 44.7 Å². The zero-order chi connectivity index (χ0) is 17.6. The number of hydrogen-bond donors (Lipinski definition) is 1. The van der Waals surface area contributed by atoms with Gasteiger partial charge in [0.1, 0.15) is 5.82 Å². The van der Waals surface area contributed by atoms with Crippen LogP contribution in [0, 0.1) is 0 Å². The second kappa shape index (κ2) is 8.04. The van der Waals surface area contributed by atoms with Crippen LogP contribution in [0.1, 0.15) is 0 Å². The van der Waals surface area contributed by atoms with Crippen LogP contribution in [0.15, 0.2) is 42.7 Å². The minimum Gasteiger partial charge on any atom is -0.373 e. The summed E-state index contributed by atoms with van der Waals surface area (Å²) in [4.78, 5) is 24.2. The maximum Gasteiger partial charge on any atom is 0.231 e. The number of aromatic nitrogens is 2. The van der Waals surface area contributed by atoms with Gasteiger partial charge in [0.15, 0.2) is 0 Å². The number of hydrogen-bond acceptors (Lipinski definition) is 6. The molecule has 7 heteroatoms. The summed E-state index contributed by atoms with van der Waals surface area (Å²) in [5, 5.41) is 0. The fourth-order valence-electron chi connectivity index (χ4n) is 2.97. The zero-order valence-electron chi connectivity index (χ0n) is 14.3. The van der Waals surface area contributed by atoms with Crippen molar-refractivity contribution in [3.63, 3.8) is 0 Å². The van der Waals surface area contributed by atoms with Gasteiger partial charge in [-0.3, -0.25) is 14.7 Å². The number of ether oxygens (including phenoxy) is 1. The van der Waals surface area contributed by atoms with Gasteiger partial charge in [0.25, 0.3) is 0 Å². The van der Waals surface area contributed by atoms with E-state index in [9.17, 15) is 4.79 Å². The lowest BCUT2D eigenvalue weighted by atomic mass is 10.2. The lowest BCUT2D eigenvalue weighted by molar-refractivity contribution is -0.119. The highest BCUT2D eigenvalue weighted by atomic mass is 16.5. The summed E-state index contributed by atoms with van der Waals surface area (Å²) in [7, 11) is 1.86. The van der Waals surface area contributed by atoms with Crippen molar-refractivity contribution in [1.82, 2.24) is 14.9 Å². The third-order valence-corrected chi connectivity index (χ3v) is 4.10. The molecule has 25 heavy (non-hydrogen) atoms. The van der Waals surface area contributed by atoms with Gasteiger partial charge in [-0.1, -0.05) is 30.3 Å². The summed E-state index contributed by atoms with van der Waals surface area (Å²) in [6.45, 7) is 2.96. The summed E-state index contributed by atoms with van der Waals surface area (Å²) in [5.74, 6) is 0.504. The molecule has 132 valence electrons. The van der Waals surface area contributed by atoms with Gasteiger partial charge < -0.3 is 15.4 Å². The number of nitrogens with zero attached hydrogens (tertiary/aromatic N) is 4. The number of benzene rings is 1. The quantitative estimate of drug-likeness (QED) is 0.835. The summed E-state index contributed by atoms with van der Waals surface area (Å²) >= 11 is 0. The van der Waals surface area contributed by atoms with Crippen molar-refractivity contribution in [2.45, 2.75) is 6.10 Å². The lowest BCUT2D eigenvalue weighted by Crippen LogP contribution is -2.48. The number of rotatable bonds is 6. The van der Waals surface area contributed by atoms with Gasteiger partial charge in [0.2, 0.25) is 5.91 Å². The average molecular weight is 341 g/mol. The predicted molar refractivity (Wildman–Crippen MR) is 96.1 cm³/mol. The van der Waals surface area contributed by atoms with Gasteiger partial charge in [-0.15, -0.1) is 0 Å². The van der Waals surface area contributed by atoms with Crippen molar-refractivity contribution in [3.05, 3.63) is 42.7 Å². The van der Waals surface area contributed by atoms with E-state index in [1.807, 2.05) is 42.3 Å². The van der Waals surface area contributed by atoms with E-state index in [2.05, 4.69) is 9.88 Å². The van der Waals surface area contributed by atoms with Gasteiger partial charge in [-0.05, 0) is 7.05 Å². The van der Waals surface area contributed by atoms with E-state index < -0.39 is 0 Å². The van der Waals surface area contributed by atoms with Crippen molar-refractivity contribution < 1.29 is 9.53 Å². The van der Waals surface area contributed by atoms with Crippen LogP contribution in [0.4, 0.5) is 5.82 Å². The monoisotopic (exact) mass is 341 g/mol. The summed E-state index contributed by atoms with van der Waals surface area (Å²) in [5.41, 5.74) is 7.14. The number of amides is 1. The van der Waals surface area contributed by atoms with Crippen LogP contribution in [-0.4, -0.2) is 66.7 Å². The minimum absolute atomic E-state index is 0.000261. The summed E-state index contributed by atoms with van der Waals surface area (Å²) < 4.78 is 5.81. The van der Waals surface area contributed by atoms with Gasteiger partial charge in [0, 0.05) is 25.2 Å². The highest BCUT2D eigenvalue weighted by Gasteiger charge is 2.23. The Hall–Kier alpha value is -2.51. The Balaban J connectivity index is 1.68. The van der Waals surface area contributed by atoms with Crippen molar-refractivity contribution in [1.29, 1.82) is 0 Å². The Kier molecular flexibility index (Phi) is 5.57. The second-order valence-corrected chi connectivity index (χ2v) is 6.23. The standard InChI is InChI=1S/C18H23N5O2/c1-22(13-17(19)24)11-15-12-23(7-8-25-15)18-10-20-9-16(21-18)14-5-3-2-4-6-14/h2-6,9-10,15H,7-8,11-13H2,1H3,(H2,19,24)/t15-/m1/s1. The molecule has 1 aliphatic rings. The number of nitrogens with two attached hydrogens (primary N) is 1. The molecule has 0 saturated carbocycles. The van der Waals surface area contributed by atoms with Crippen molar-refractivity contribution in [3.8, 4) is 11.3 Å². The van der Waals surface area contributed by atoms with Crippen LogP contribution in [0.25, 0.3) is 11.3 Å². The molecule has 0 radical (unpaired) electrons. The third kappa shape index (κ3) is 4.74. The first-order valence-electron chi connectivity index (χ1n) is 8.32. The molecule has 2 N–H and O–H groups in total. The average Bonchev–Trinajstić information content (AvgIpc) is 2.62. The van der Waals surface area contributed by atoms with Gasteiger partial charge in [-0.25, -0.2) is 4.98 Å². The van der Waals surface area contributed by atoms with E-state index in [4.69, 9.17) is 15.5 Å². The molecule has 7 nitrogen and oxygen atoms in total. The Morgan fingerprint density at radius 2 is 2.16 bits per heavy atom. The largest absolute Gasteiger partial charge is 0.373 e. The Bertz CT molecular complexity index is 710. The van der Waals surface area contributed by atoms with E-state index in [1.165, 1.54) is 0 Å². The Morgan fingerprint density at radius 1 is 1.36 bits per heavy atom. The maximum absolute atomic E-state index is 11.0. The molecule has 1 aliphatic heterocycles. The number of carbonyl (C=O) groups excluding carboxylic acids is 1. The van der Waals surface area contributed by atoms with Crippen LogP contribution in [-0.2, 0) is 9.53 Å². The van der Waals surface area contributed by atoms with Gasteiger partial charge in [0.05, 0.1) is 37.3 Å². The maximum atomic E-state index is 11.0. The Morgan fingerprint density at radius 3 is 2.92 bits per heavy atom. The highest BCUT2D eigenvalue weighted by molar-refractivity contribution is 5.75. The van der Waals surface area contributed by atoms with E-state index in [0.29, 0.717) is 19.7 Å². The molecule has 1 aromatic carbocycles. The summed E-state index contributed by atoms with van der Waals surface area (Å²) in [6, 6.07) is 10.0. The number of primary amides is 1. The zero-order valence-corrected chi connectivity index (χ0v) is 14.3. The smallest absolute Gasteiger partial charge is 0.231 e. The summed E-state index contributed by atoms with van der Waals surface area (Å²) in [6.07, 6.45) is 3.56. The number of carbonyl (C=O) groups is 1. The molecular formula is C18H23N5O2. The third-order valence-electron chi connectivity index (χ3n) is 4.10. The highest BCUT2D eigenvalue weighted by Crippen LogP contribution is 2.20. The fraction of sp³-hybridized carbons (Fsp3) is 0.389. The predicted octanol–water partition coefficient (Wildman–Crippen LogP) is 0.766. The number of morpholine rings is 1. The van der Waals surface area contributed by atoms with Crippen LogP contribution in [0.5, 0.6) is 0 Å². The molecule has 2 heterocycles. The molecule has 1 aromatic heterocycles. The molecule has 1 fully saturated rings. The molecule has 1 saturated heterocycles. The van der Waals surface area contributed by atoms with Gasteiger partial charge >= 0.3 is 0 Å². The lowest BCUT2D eigenvalue weighted by Gasteiger charge is -2.35. The van der Waals surface area contributed by atoms with E-state index in [1.54, 1.807) is 12.4 Å². The molecule has 1 amide bonds. The number of likely N-dealkylation sites (N-methyl/N-ethyl adjacent to an activating group) is 1. The van der Waals surface area contributed by atoms with Crippen LogP contribution in [0.3, 0.4) is 0 Å². The molecule has 0 bridgehead atoms. The Labute approximate surface area is 147 Å². The van der Waals surface area contributed by atoms with Gasteiger partial charge in [-0.2, -0.15) is 0 Å². The van der Waals surface area contributed by atoms with E-state index in [0.717, 1.165) is 23.6 Å². The van der Waals surface area contributed by atoms with Crippen molar-refractivity contribution >= 4 is 11.7 Å². The molecule has 3 rings (SSSR count). The van der Waals surface area contributed by atoms with Crippen LogP contribution < -0.4 is 10.6 Å². The molecular weight excluding hydrogens is 318 g/mol. The second-order valence-electron chi connectivity index (χ2n) is 6.23. The molecule has 2 aromatic rings. The van der Waals surface area contributed by atoms with Crippen LogP contribution >= 0.6 is 0 Å². The van der Waals surface area contributed by atoms with E-state index >= 15 is 0 Å². The first-order valence-corrected chi connectivity index (χ1v) is 8.32. The van der Waals surface area contributed by atoms with Crippen molar-refractivity contribution in [2.24, 2.45) is 5.73 Å². The molecule has 0 unspecified atom stereocenters. The first kappa shape index (κ1) is 17.3. The SMILES string of the molecule is CN(CC(N)=O)C[C@@H]1CN(c2cncc(-c3ccccc3)n2)CCO1. The van der Waals surface area contributed by atoms with Crippen LogP contribution in [0.2, 0.25) is 0 Å². The topological polar surface area (TPSA) is 84.6 Å². The fourth-order valence-corrected chi connectivity index (χ4v) is 2.97.